The molecule has 1 saturated heterocycles. The molecule has 1 aliphatic rings. The summed E-state index contributed by atoms with van der Waals surface area (Å²) >= 11 is 0. The average Bonchev–Trinajstić information content (AvgIpc) is 2.79. The summed E-state index contributed by atoms with van der Waals surface area (Å²) < 4.78 is 0. The number of carbonyl (C=O) groups is 1. The van der Waals surface area contributed by atoms with Crippen molar-refractivity contribution < 1.29 is 4.79 Å². The molecule has 5 nitrogen and oxygen atoms in total. The lowest BCUT2D eigenvalue weighted by atomic mass is 9.96. The first kappa shape index (κ1) is 19.1. The van der Waals surface area contributed by atoms with Crippen LogP contribution in [0, 0.1) is 12.8 Å². The first-order chi connectivity index (χ1) is 14.2. The van der Waals surface area contributed by atoms with Crippen LogP contribution in [0.15, 0.2) is 67.0 Å². The molecule has 1 N–H and O–H groups in total. The Bertz CT molecular complexity index is 931. The Morgan fingerprint density at radius 2 is 1.62 bits per heavy atom. The van der Waals surface area contributed by atoms with Crippen LogP contribution in [0.3, 0.4) is 0 Å². The number of aryl methyl sites for hydroxylation is 1. The van der Waals surface area contributed by atoms with Gasteiger partial charge in [-0.1, -0.05) is 60.2 Å². The van der Waals surface area contributed by atoms with Gasteiger partial charge in [0, 0.05) is 43.5 Å². The minimum atomic E-state index is 0.0558. The SMILES string of the molecule is Cc1ccc(CNC(=O)C2CCN(c3ncc(-c4ccccc4)cn3)CC2)cc1. The smallest absolute Gasteiger partial charge is 0.225 e. The zero-order valence-corrected chi connectivity index (χ0v) is 16.7. The van der Waals surface area contributed by atoms with Crippen molar-refractivity contribution in [1.82, 2.24) is 15.3 Å². The Morgan fingerprint density at radius 3 is 2.28 bits per heavy atom. The third-order valence-electron chi connectivity index (χ3n) is 5.48. The van der Waals surface area contributed by atoms with E-state index in [4.69, 9.17) is 0 Å². The van der Waals surface area contributed by atoms with Crippen LogP contribution in [0.2, 0.25) is 0 Å². The van der Waals surface area contributed by atoms with Gasteiger partial charge in [-0.15, -0.1) is 0 Å². The predicted octanol–water partition coefficient (Wildman–Crippen LogP) is 3.98. The highest BCUT2D eigenvalue weighted by Gasteiger charge is 2.26. The first-order valence-corrected chi connectivity index (χ1v) is 10.1. The normalized spacial score (nSPS) is 14.6. The second kappa shape index (κ2) is 8.86. The van der Waals surface area contributed by atoms with Crippen LogP contribution in [0.5, 0.6) is 0 Å². The van der Waals surface area contributed by atoms with Crippen molar-refractivity contribution in [2.24, 2.45) is 5.92 Å². The lowest BCUT2D eigenvalue weighted by Crippen LogP contribution is -2.41. The van der Waals surface area contributed by atoms with Crippen molar-refractivity contribution in [3.05, 3.63) is 78.1 Å². The molecule has 0 bridgehead atoms. The van der Waals surface area contributed by atoms with Gasteiger partial charge in [-0.25, -0.2) is 9.97 Å². The van der Waals surface area contributed by atoms with Gasteiger partial charge in [0.1, 0.15) is 0 Å². The number of hydrogen-bond donors (Lipinski definition) is 1. The largest absolute Gasteiger partial charge is 0.352 e. The van der Waals surface area contributed by atoms with Crippen molar-refractivity contribution in [2.75, 3.05) is 18.0 Å². The Balaban J connectivity index is 1.28. The van der Waals surface area contributed by atoms with Crippen molar-refractivity contribution in [2.45, 2.75) is 26.3 Å². The van der Waals surface area contributed by atoms with Gasteiger partial charge in [0.15, 0.2) is 0 Å². The van der Waals surface area contributed by atoms with Crippen LogP contribution < -0.4 is 10.2 Å². The summed E-state index contributed by atoms with van der Waals surface area (Å²) in [6.45, 7) is 4.25. The van der Waals surface area contributed by atoms with E-state index < -0.39 is 0 Å². The molecule has 0 saturated carbocycles. The van der Waals surface area contributed by atoms with Gasteiger partial charge in [-0.3, -0.25) is 4.79 Å². The fourth-order valence-corrected chi connectivity index (χ4v) is 3.65. The Hall–Kier alpha value is -3.21. The zero-order valence-electron chi connectivity index (χ0n) is 16.7. The third-order valence-corrected chi connectivity index (χ3v) is 5.48. The Kier molecular flexibility index (Phi) is 5.84. The van der Waals surface area contributed by atoms with Crippen LogP contribution in [-0.4, -0.2) is 29.0 Å². The van der Waals surface area contributed by atoms with E-state index >= 15 is 0 Å². The number of rotatable bonds is 5. The number of nitrogens with one attached hydrogen (secondary N) is 1. The highest BCUT2D eigenvalue weighted by Crippen LogP contribution is 2.23. The number of anilines is 1. The quantitative estimate of drug-likeness (QED) is 0.720. The summed E-state index contributed by atoms with van der Waals surface area (Å²) in [6.07, 6.45) is 5.39. The summed E-state index contributed by atoms with van der Waals surface area (Å²) in [5.74, 6) is 0.939. The molecule has 0 unspecified atom stereocenters. The summed E-state index contributed by atoms with van der Waals surface area (Å²) in [4.78, 5) is 23.8. The van der Waals surface area contributed by atoms with Gasteiger partial charge >= 0.3 is 0 Å². The Labute approximate surface area is 171 Å². The molecular formula is C24H26N4O. The van der Waals surface area contributed by atoms with E-state index in [0.29, 0.717) is 6.54 Å². The monoisotopic (exact) mass is 386 g/mol. The number of carbonyl (C=O) groups excluding carboxylic acids is 1. The van der Waals surface area contributed by atoms with Gasteiger partial charge in [0.25, 0.3) is 0 Å². The first-order valence-electron chi connectivity index (χ1n) is 10.1. The summed E-state index contributed by atoms with van der Waals surface area (Å²) in [5.41, 5.74) is 4.49. The molecule has 1 aliphatic heterocycles. The van der Waals surface area contributed by atoms with E-state index in [0.717, 1.165) is 48.6 Å². The van der Waals surface area contributed by atoms with Gasteiger partial charge in [0.05, 0.1) is 0 Å². The molecule has 0 aliphatic carbocycles. The molecule has 1 aromatic heterocycles. The van der Waals surface area contributed by atoms with Gasteiger partial charge < -0.3 is 10.2 Å². The molecule has 2 heterocycles. The van der Waals surface area contributed by atoms with Crippen molar-refractivity contribution in [3.63, 3.8) is 0 Å². The maximum absolute atomic E-state index is 12.5. The van der Waals surface area contributed by atoms with E-state index in [2.05, 4.69) is 63.5 Å². The minimum absolute atomic E-state index is 0.0558. The van der Waals surface area contributed by atoms with Crippen LogP contribution in [-0.2, 0) is 11.3 Å². The minimum Gasteiger partial charge on any atom is -0.352 e. The molecular weight excluding hydrogens is 360 g/mol. The number of nitrogens with zero attached hydrogens (tertiary/aromatic N) is 3. The number of hydrogen-bond acceptors (Lipinski definition) is 4. The number of amides is 1. The molecule has 0 atom stereocenters. The lowest BCUT2D eigenvalue weighted by Gasteiger charge is -2.31. The van der Waals surface area contributed by atoms with Gasteiger partial charge in [0.2, 0.25) is 11.9 Å². The average molecular weight is 386 g/mol. The molecule has 148 valence electrons. The van der Waals surface area contributed by atoms with Crippen LogP contribution >= 0.6 is 0 Å². The molecule has 1 fully saturated rings. The topological polar surface area (TPSA) is 58.1 Å². The van der Waals surface area contributed by atoms with Gasteiger partial charge in [-0.05, 0) is 30.9 Å². The van der Waals surface area contributed by atoms with E-state index in [1.165, 1.54) is 5.56 Å². The van der Waals surface area contributed by atoms with Crippen molar-refractivity contribution in [3.8, 4) is 11.1 Å². The van der Waals surface area contributed by atoms with E-state index in [1.54, 1.807) is 0 Å². The molecule has 4 rings (SSSR count). The zero-order chi connectivity index (χ0) is 20.1. The molecule has 2 aromatic carbocycles. The molecule has 29 heavy (non-hydrogen) atoms. The molecule has 5 heteroatoms. The Morgan fingerprint density at radius 1 is 0.966 bits per heavy atom. The highest BCUT2D eigenvalue weighted by molar-refractivity contribution is 5.79. The van der Waals surface area contributed by atoms with E-state index in [9.17, 15) is 4.79 Å². The maximum atomic E-state index is 12.5. The molecule has 3 aromatic rings. The van der Waals surface area contributed by atoms with Crippen molar-refractivity contribution >= 4 is 11.9 Å². The molecule has 0 radical (unpaired) electrons. The fraction of sp³-hybridized carbons (Fsp3) is 0.292. The summed E-state index contributed by atoms with van der Waals surface area (Å²) in [5, 5.41) is 3.08. The number of benzene rings is 2. The molecule has 0 spiro atoms. The highest BCUT2D eigenvalue weighted by atomic mass is 16.1. The van der Waals surface area contributed by atoms with Crippen LogP contribution in [0.4, 0.5) is 5.95 Å². The standard InChI is InChI=1S/C24H26N4O/c1-18-7-9-19(10-8-18)15-25-23(29)21-11-13-28(14-12-21)24-26-16-22(17-27-24)20-5-3-2-4-6-20/h2-10,16-17,21H,11-15H2,1H3,(H,25,29). The third kappa shape index (κ3) is 4.80. The van der Waals surface area contributed by atoms with Gasteiger partial charge in [-0.2, -0.15) is 0 Å². The molecule has 1 amide bonds. The number of aromatic nitrogens is 2. The predicted molar refractivity (Wildman–Crippen MR) is 115 cm³/mol. The maximum Gasteiger partial charge on any atom is 0.225 e. The fourth-order valence-electron chi connectivity index (χ4n) is 3.65. The lowest BCUT2D eigenvalue weighted by molar-refractivity contribution is -0.125. The summed E-state index contributed by atoms with van der Waals surface area (Å²) in [6, 6.07) is 18.4. The van der Waals surface area contributed by atoms with Crippen LogP contribution in [0.25, 0.3) is 11.1 Å². The second-order valence-corrected chi connectivity index (χ2v) is 7.60. The second-order valence-electron chi connectivity index (χ2n) is 7.60. The summed E-state index contributed by atoms with van der Waals surface area (Å²) in [7, 11) is 0. The van der Waals surface area contributed by atoms with E-state index in [-0.39, 0.29) is 11.8 Å². The van der Waals surface area contributed by atoms with Crippen molar-refractivity contribution in [1.29, 1.82) is 0 Å². The number of piperidine rings is 1. The van der Waals surface area contributed by atoms with E-state index in [1.807, 2.05) is 30.6 Å². The van der Waals surface area contributed by atoms with Crippen LogP contribution in [0.1, 0.15) is 24.0 Å².